The van der Waals surface area contributed by atoms with Gasteiger partial charge in [-0.25, -0.2) is 16.8 Å². The van der Waals surface area contributed by atoms with Crippen LogP contribution in [0.4, 0.5) is 0 Å². The summed E-state index contributed by atoms with van der Waals surface area (Å²) in [6, 6.07) is 4.00. The largest absolute Gasteiger partial charge is 0.340 e. The first-order valence-electron chi connectivity index (χ1n) is 9.36. The normalized spacial score (nSPS) is 19.9. The predicted molar refractivity (Wildman–Crippen MR) is 109 cm³/mol. The van der Waals surface area contributed by atoms with Crippen molar-refractivity contribution in [2.24, 2.45) is 5.92 Å². The number of amides is 1. The first-order chi connectivity index (χ1) is 13.1. The maximum absolute atomic E-state index is 13.0. The highest BCUT2D eigenvalue weighted by molar-refractivity contribution is 9.10. The molecule has 0 radical (unpaired) electrons. The zero-order chi connectivity index (χ0) is 20.5. The molecule has 0 N–H and O–H groups in total. The molecule has 0 aromatic heterocycles. The summed E-state index contributed by atoms with van der Waals surface area (Å²) in [5.74, 6) is 0.563. The van der Waals surface area contributed by atoms with Gasteiger partial charge in [0.15, 0.2) is 9.84 Å². The fourth-order valence-corrected chi connectivity index (χ4v) is 6.91. The second kappa shape index (κ2) is 8.41. The van der Waals surface area contributed by atoms with E-state index in [1.807, 2.05) is 0 Å². The number of benzene rings is 1. The zero-order valence-corrected chi connectivity index (χ0v) is 19.0. The molecule has 0 bridgehead atoms. The average Bonchev–Trinajstić information content (AvgIpc) is 3.14. The fourth-order valence-electron chi connectivity index (χ4n) is 3.82. The van der Waals surface area contributed by atoms with Gasteiger partial charge in [-0.1, -0.05) is 12.8 Å². The van der Waals surface area contributed by atoms with Gasteiger partial charge in [0, 0.05) is 43.3 Å². The number of rotatable bonds is 5. The molecule has 1 aliphatic carbocycles. The van der Waals surface area contributed by atoms with Gasteiger partial charge in [0.25, 0.3) is 0 Å². The maximum atomic E-state index is 13.0. The van der Waals surface area contributed by atoms with Crippen molar-refractivity contribution in [3.63, 3.8) is 0 Å². The Bertz CT molecular complexity index is 948. The molecule has 2 aliphatic rings. The van der Waals surface area contributed by atoms with Gasteiger partial charge in [0.05, 0.1) is 9.79 Å². The van der Waals surface area contributed by atoms with Crippen LogP contribution in [0.25, 0.3) is 0 Å². The van der Waals surface area contributed by atoms with E-state index in [1.165, 1.54) is 35.3 Å². The van der Waals surface area contributed by atoms with Gasteiger partial charge in [-0.15, -0.1) is 0 Å². The van der Waals surface area contributed by atoms with Crippen molar-refractivity contribution < 1.29 is 21.6 Å². The molecule has 0 unspecified atom stereocenters. The minimum absolute atomic E-state index is 0.0420. The van der Waals surface area contributed by atoms with E-state index in [2.05, 4.69) is 15.9 Å². The highest BCUT2D eigenvalue weighted by Crippen LogP contribution is 2.30. The van der Waals surface area contributed by atoms with E-state index in [0.29, 0.717) is 29.9 Å². The summed E-state index contributed by atoms with van der Waals surface area (Å²) < 4.78 is 51.3. The molecule has 1 amide bonds. The summed E-state index contributed by atoms with van der Waals surface area (Å²) in [6.07, 6.45) is 6.17. The van der Waals surface area contributed by atoms with Crippen LogP contribution in [0, 0.1) is 5.92 Å². The minimum Gasteiger partial charge on any atom is -0.340 e. The number of sulfonamides is 1. The molecule has 0 spiro atoms. The molecule has 7 nitrogen and oxygen atoms in total. The number of halogens is 1. The Morgan fingerprint density at radius 3 is 2.25 bits per heavy atom. The summed E-state index contributed by atoms with van der Waals surface area (Å²) in [5, 5.41) is 0. The summed E-state index contributed by atoms with van der Waals surface area (Å²) >= 11 is 3.22. The van der Waals surface area contributed by atoms with Gasteiger partial charge >= 0.3 is 0 Å². The number of carbonyl (C=O) groups excluding carboxylic acids is 1. The summed E-state index contributed by atoms with van der Waals surface area (Å²) in [6.45, 7) is 1.12. The molecule has 156 valence electrons. The van der Waals surface area contributed by atoms with E-state index in [1.54, 1.807) is 4.90 Å². The summed E-state index contributed by atoms with van der Waals surface area (Å²) in [5.41, 5.74) is 0. The predicted octanol–water partition coefficient (Wildman–Crippen LogP) is 2.27. The second-order valence-corrected chi connectivity index (χ2v) is 12.3. The molecule has 2 fully saturated rings. The smallest absolute Gasteiger partial charge is 0.244 e. The highest BCUT2D eigenvalue weighted by Gasteiger charge is 2.32. The van der Waals surface area contributed by atoms with Gasteiger partial charge in [-0.3, -0.25) is 4.79 Å². The van der Waals surface area contributed by atoms with Crippen molar-refractivity contribution in [2.45, 2.75) is 41.9 Å². The van der Waals surface area contributed by atoms with E-state index in [9.17, 15) is 21.6 Å². The topological polar surface area (TPSA) is 91.8 Å². The van der Waals surface area contributed by atoms with E-state index >= 15 is 0 Å². The van der Waals surface area contributed by atoms with Crippen molar-refractivity contribution in [2.75, 3.05) is 32.4 Å². The zero-order valence-electron chi connectivity index (χ0n) is 15.8. The number of hydrogen-bond donors (Lipinski definition) is 0. The van der Waals surface area contributed by atoms with E-state index in [4.69, 9.17) is 0 Å². The second-order valence-electron chi connectivity index (χ2n) is 7.50. The van der Waals surface area contributed by atoms with Gasteiger partial charge in [0.2, 0.25) is 15.9 Å². The van der Waals surface area contributed by atoms with Crippen LogP contribution >= 0.6 is 15.9 Å². The summed E-state index contributed by atoms with van der Waals surface area (Å²) in [7, 11) is -7.38. The van der Waals surface area contributed by atoms with Crippen LogP contribution in [0.15, 0.2) is 32.5 Å². The van der Waals surface area contributed by atoms with Crippen LogP contribution in [0.2, 0.25) is 0 Å². The molecule has 1 saturated carbocycles. The quantitative estimate of drug-likeness (QED) is 0.628. The molecule has 28 heavy (non-hydrogen) atoms. The third-order valence-electron chi connectivity index (χ3n) is 5.48. The lowest BCUT2D eigenvalue weighted by molar-refractivity contribution is -0.133. The van der Waals surface area contributed by atoms with Gasteiger partial charge in [-0.2, -0.15) is 4.31 Å². The third-order valence-corrected chi connectivity index (χ3v) is 9.48. The number of hydrogen-bond acceptors (Lipinski definition) is 5. The molecule has 1 aliphatic heterocycles. The third kappa shape index (κ3) is 4.77. The molecular formula is C18H25BrN2O5S2. The van der Waals surface area contributed by atoms with Crippen molar-refractivity contribution in [3.8, 4) is 0 Å². The molecular weight excluding hydrogens is 468 g/mol. The van der Waals surface area contributed by atoms with Crippen molar-refractivity contribution in [3.05, 3.63) is 22.7 Å². The Hall–Kier alpha value is -0.970. The van der Waals surface area contributed by atoms with Crippen molar-refractivity contribution in [1.82, 2.24) is 9.21 Å². The Morgan fingerprint density at radius 2 is 1.68 bits per heavy atom. The van der Waals surface area contributed by atoms with Crippen LogP contribution in [-0.2, 0) is 24.7 Å². The Balaban J connectivity index is 1.70. The Labute approximate surface area is 175 Å². The van der Waals surface area contributed by atoms with Crippen LogP contribution in [-0.4, -0.2) is 64.4 Å². The number of sulfone groups is 1. The summed E-state index contributed by atoms with van der Waals surface area (Å²) in [4.78, 5) is 14.1. The molecule has 10 heteroatoms. The molecule has 1 heterocycles. The van der Waals surface area contributed by atoms with E-state index in [0.717, 1.165) is 19.1 Å². The lowest BCUT2D eigenvalue weighted by Crippen LogP contribution is -2.50. The van der Waals surface area contributed by atoms with Crippen LogP contribution in [0.3, 0.4) is 0 Å². The van der Waals surface area contributed by atoms with E-state index < -0.39 is 19.9 Å². The lowest BCUT2D eigenvalue weighted by Gasteiger charge is -2.34. The van der Waals surface area contributed by atoms with Crippen LogP contribution < -0.4 is 0 Å². The molecule has 3 rings (SSSR count). The lowest BCUT2D eigenvalue weighted by atomic mass is 10.0. The molecule has 0 atom stereocenters. The Kier molecular flexibility index (Phi) is 6.53. The van der Waals surface area contributed by atoms with E-state index in [-0.39, 0.29) is 28.8 Å². The van der Waals surface area contributed by atoms with Crippen molar-refractivity contribution >= 4 is 41.7 Å². The van der Waals surface area contributed by atoms with Crippen LogP contribution in [0.5, 0.6) is 0 Å². The number of carbonyl (C=O) groups is 1. The van der Waals surface area contributed by atoms with Gasteiger partial charge < -0.3 is 4.90 Å². The maximum Gasteiger partial charge on any atom is 0.244 e. The molecule has 1 aromatic rings. The first-order valence-corrected chi connectivity index (χ1v) is 13.5. The Morgan fingerprint density at radius 1 is 1.07 bits per heavy atom. The van der Waals surface area contributed by atoms with Gasteiger partial charge in [0.1, 0.15) is 0 Å². The number of piperazine rings is 1. The molecule has 1 aromatic carbocycles. The molecule has 1 saturated heterocycles. The average molecular weight is 493 g/mol. The highest BCUT2D eigenvalue weighted by atomic mass is 79.9. The number of nitrogens with zero attached hydrogens (tertiary/aromatic N) is 2. The fraction of sp³-hybridized carbons (Fsp3) is 0.611. The van der Waals surface area contributed by atoms with Crippen LogP contribution in [0.1, 0.15) is 32.1 Å². The first kappa shape index (κ1) is 21.7. The van der Waals surface area contributed by atoms with Crippen molar-refractivity contribution in [1.29, 1.82) is 0 Å². The van der Waals surface area contributed by atoms with Gasteiger partial charge in [-0.05, 0) is 52.9 Å². The standard InChI is InChI=1S/C18H25BrN2O5S2/c1-27(23,24)15-6-7-16(19)17(13-15)28(25,26)21-10-8-20(9-11-21)18(22)12-14-4-2-3-5-14/h6-7,13-14H,2-5,8-12H2,1H3. The minimum atomic E-state index is -3.86. The monoisotopic (exact) mass is 492 g/mol. The SMILES string of the molecule is CS(=O)(=O)c1ccc(Br)c(S(=O)(=O)N2CCN(C(=O)CC3CCCC3)CC2)c1.